The van der Waals surface area contributed by atoms with Crippen LogP contribution in [0.1, 0.15) is 35.7 Å². The van der Waals surface area contributed by atoms with Crippen LogP contribution in [0, 0.1) is 5.92 Å². The van der Waals surface area contributed by atoms with E-state index in [9.17, 15) is 0 Å². The highest BCUT2D eigenvalue weighted by molar-refractivity contribution is 9.09. The Balaban J connectivity index is 2.48. The first-order valence-electron chi connectivity index (χ1n) is 4.97. The van der Waals surface area contributed by atoms with Gasteiger partial charge in [-0.05, 0) is 35.1 Å². The highest BCUT2D eigenvalue weighted by Gasteiger charge is 2.33. The minimum Gasteiger partial charge on any atom is -0.497 e. The second-order valence-corrected chi connectivity index (χ2v) is 5.03. The summed E-state index contributed by atoms with van der Waals surface area (Å²) in [5.74, 6) is 2.26. The molecule has 0 N–H and O–H groups in total. The van der Waals surface area contributed by atoms with Gasteiger partial charge < -0.3 is 4.74 Å². The first-order valence-corrected chi connectivity index (χ1v) is 5.88. The zero-order chi connectivity index (χ0) is 10.3. The number of ether oxygens (including phenoxy) is 1. The number of rotatable bonds is 1. The first-order chi connectivity index (χ1) is 6.65. The van der Waals surface area contributed by atoms with E-state index in [0.29, 0.717) is 16.7 Å². The Bertz CT molecular complexity index is 348. The van der Waals surface area contributed by atoms with Crippen LogP contribution in [0.3, 0.4) is 0 Å². The molecule has 1 aromatic carbocycles. The van der Waals surface area contributed by atoms with Crippen LogP contribution in [0.25, 0.3) is 0 Å². The Hall–Kier alpha value is -0.500. The fourth-order valence-electron chi connectivity index (χ4n) is 2.15. The van der Waals surface area contributed by atoms with Crippen LogP contribution in [-0.4, -0.2) is 7.11 Å². The second-order valence-electron chi connectivity index (χ2n) is 4.04. The molecule has 1 nitrogen and oxygen atoms in total. The number of alkyl halides is 1. The van der Waals surface area contributed by atoms with Crippen molar-refractivity contribution in [1.29, 1.82) is 0 Å². The fraction of sp³-hybridized carbons (Fsp3) is 0.500. The number of hydrogen-bond acceptors (Lipinski definition) is 1. The molecule has 3 atom stereocenters. The van der Waals surface area contributed by atoms with E-state index in [-0.39, 0.29) is 0 Å². The summed E-state index contributed by atoms with van der Waals surface area (Å²) in [5, 5.41) is 0. The largest absolute Gasteiger partial charge is 0.497 e. The first kappa shape index (κ1) is 10.0. The highest BCUT2D eigenvalue weighted by atomic mass is 79.9. The molecule has 0 radical (unpaired) electrons. The summed E-state index contributed by atoms with van der Waals surface area (Å²) in [6, 6.07) is 6.39. The topological polar surface area (TPSA) is 9.23 Å². The number of hydrogen-bond donors (Lipinski definition) is 0. The van der Waals surface area contributed by atoms with Crippen LogP contribution < -0.4 is 4.74 Å². The lowest BCUT2D eigenvalue weighted by Gasteiger charge is -2.11. The molecule has 0 aromatic heterocycles. The van der Waals surface area contributed by atoms with E-state index in [1.165, 1.54) is 11.1 Å². The van der Waals surface area contributed by atoms with Crippen molar-refractivity contribution in [2.75, 3.05) is 7.11 Å². The van der Waals surface area contributed by atoms with Crippen molar-refractivity contribution in [3.05, 3.63) is 29.3 Å². The SMILES string of the molecule is COc1ccc2c(c1)C(Br)C(C)C2C. The average molecular weight is 255 g/mol. The van der Waals surface area contributed by atoms with E-state index in [0.717, 1.165) is 5.75 Å². The van der Waals surface area contributed by atoms with Crippen LogP contribution in [-0.2, 0) is 0 Å². The predicted molar refractivity (Wildman–Crippen MR) is 62.2 cm³/mol. The lowest BCUT2D eigenvalue weighted by atomic mass is 9.97. The van der Waals surface area contributed by atoms with Crippen molar-refractivity contribution in [3.8, 4) is 5.75 Å². The molecule has 0 spiro atoms. The molecular formula is C12H15BrO. The zero-order valence-electron chi connectivity index (χ0n) is 8.75. The normalized spacial score (nSPS) is 30.1. The molecule has 0 fully saturated rings. The molecule has 0 aliphatic heterocycles. The quantitative estimate of drug-likeness (QED) is 0.692. The maximum atomic E-state index is 5.24. The van der Waals surface area contributed by atoms with Gasteiger partial charge >= 0.3 is 0 Å². The molecular weight excluding hydrogens is 240 g/mol. The molecule has 3 unspecified atom stereocenters. The van der Waals surface area contributed by atoms with Crippen LogP contribution in [0.15, 0.2) is 18.2 Å². The molecule has 0 saturated carbocycles. The third-order valence-corrected chi connectivity index (χ3v) is 4.66. The Morgan fingerprint density at radius 3 is 2.57 bits per heavy atom. The van der Waals surface area contributed by atoms with Crippen molar-refractivity contribution < 1.29 is 4.74 Å². The van der Waals surface area contributed by atoms with E-state index in [4.69, 9.17) is 4.74 Å². The highest BCUT2D eigenvalue weighted by Crippen LogP contribution is 2.50. The van der Waals surface area contributed by atoms with Gasteiger partial charge in [0.1, 0.15) is 5.75 Å². The molecule has 1 aliphatic carbocycles. The molecule has 0 amide bonds. The molecule has 0 heterocycles. The maximum absolute atomic E-state index is 5.24. The van der Waals surface area contributed by atoms with Gasteiger partial charge in [-0.25, -0.2) is 0 Å². The Morgan fingerprint density at radius 2 is 1.93 bits per heavy atom. The van der Waals surface area contributed by atoms with Gasteiger partial charge in [-0.1, -0.05) is 35.8 Å². The van der Waals surface area contributed by atoms with Crippen molar-refractivity contribution in [1.82, 2.24) is 0 Å². The van der Waals surface area contributed by atoms with E-state index >= 15 is 0 Å². The summed E-state index contributed by atoms with van der Waals surface area (Å²) < 4.78 is 5.24. The van der Waals surface area contributed by atoms with Gasteiger partial charge in [0, 0.05) is 4.83 Å². The van der Waals surface area contributed by atoms with Crippen molar-refractivity contribution in [2.24, 2.45) is 5.92 Å². The van der Waals surface area contributed by atoms with E-state index < -0.39 is 0 Å². The van der Waals surface area contributed by atoms with Crippen molar-refractivity contribution in [2.45, 2.75) is 24.6 Å². The number of halogens is 1. The average Bonchev–Trinajstić information content (AvgIpc) is 2.44. The molecule has 0 saturated heterocycles. The summed E-state index contributed by atoms with van der Waals surface area (Å²) in [7, 11) is 1.72. The smallest absolute Gasteiger partial charge is 0.119 e. The molecule has 76 valence electrons. The van der Waals surface area contributed by atoms with Crippen LogP contribution in [0.4, 0.5) is 0 Å². The second kappa shape index (κ2) is 3.58. The lowest BCUT2D eigenvalue weighted by Crippen LogP contribution is -1.99. The van der Waals surface area contributed by atoms with Gasteiger partial charge in [-0.2, -0.15) is 0 Å². The summed E-state index contributed by atoms with van der Waals surface area (Å²) in [6.07, 6.45) is 0. The monoisotopic (exact) mass is 254 g/mol. The lowest BCUT2D eigenvalue weighted by molar-refractivity contribution is 0.414. The number of methoxy groups -OCH3 is 1. The summed E-state index contributed by atoms with van der Waals surface area (Å²) in [5.41, 5.74) is 2.85. The molecule has 1 aromatic rings. The third kappa shape index (κ3) is 1.36. The Kier molecular flexibility index (Phi) is 2.56. The van der Waals surface area contributed by atoms with E-state index in [1.807, 2.05) is 6.07 Å². The molecule has 2 heteroatoms. The van der Waals surface area contributed by atoms with E-state index in [1.54, 1.807) is 7.11 Å². The van der Waals surface area contributed by atoms with Gasteiger partial charge in [0.05, 0.1) is 7.11 Å². The zero-order valence-corrected chi connectivity index (χ0v) is 10.3. The minimum absolute atomic E-state index is 0.475. The van der Waals surface area contributed by atoms with Gasteiger partial charge in [0.15, 0.2) is 0 Å². The van der Waals surface area contributed by atoms with Crippen molar-refractivity contribution >= 4 is 15.9 Å². The number of fused-ring (bicyclic) bond motifs is 1. The number of benzene rings is 1. The Morgan fingerprint density at radius 1 is 1.21 bits per heavy atom. The molecule has 0 bridgehead atoms. The predicted octanol–water partition coefficient (Wildman–Crippen LogP) is 3.88. The van der Waals surface area contributed by atoms with Crippen LogP contribution >= 0.6 is 15.9 Å². The van der Waals surface area contributed by atoms with E-state index in [2.05, 4.69) is 41.9 Å². The van der Waals surface area contributed by atoms with Gasteiger partial charge in [0.2, 0.25) is 0 Å². The molecule has 1 aliphatic rings. The van der Waals surface area contributed by atoms with Crippen LogP contribution in [0.2, 0.25) is 0 Å². The molecule has 14 heavy (non-hydrogen) atoms. The Labute approximate surface area is 93.6 Å². The molecule has 2 rings (SSSR count). The standard InChI is InChI=1S/C12H15BrO/c1-7-8(2)12(13)11-6-9(14-3)4-5-10(7)11/h4-8,12H,1-3H3. The van der Waals surface area contributed by atoms with Gasteiger partial charge in [-0.15, -0.1) is 0 Å². The summed E-state index contributed by atoms with van der Waals surface area (Å²) in [6.45, 7) is 4.58. The van der Waals surface area contributed by atoms with Gasteiger partial charge in [-0.3, -0.25) is 0 Å². The fourth-order valence-corrected chi connectivity index (χ4v) is 3.01. The van der Waals surface area contributed by atoms with Crippen molar-refractivity contribution in [3.63, 3.8) is 0 Å². The summed E-state index contributed by atoms with van der Waals surface area (Å²) >= 11 is 3.75. The third-order valence-electron chi connectivity index (χ3n) is 3.33. The van der Waals surface area contributed by atoms with Crippen LogP contribution in [0.5, 0.6) is 5.75 Å². The minimum atomic E-state index is 0.475. The van der Waals surface area contributed by atoms with Gasteiger partial charge in [0.25, 0.3) is 0 Å². The summed E-state index contributed by atoms with van der Waals surface area (Å²) in [4.78, 5) is 0.475. The maximum Gasteiger partial charge on any atom is 0.119 e.